The van der Waals surface area contributed by atoms with Crippen molar-refractivity contribution in [2.24, 2.45) is 23.7 Å². The number of cyclic esters (lactones) is 1. The first kappa shape index (κ1) is 56.9. The summed E-state index contributed by atoms with van der Waals surface area (Å²) < 4.78 is 44.9. The number of aliphatic hydroxyl groups excluding tert-OH is 3. The number of aryl methyl sites for hydroxylation is 2. The summed E-state index contributed by atoms with van der Waals surface area (Å²) >= 11 is 0. The van der Waals surface area contributed by atoms with Gasteiger partial charge in [0.05, 0.1) is 61.4 Å². The van der Waals surface area contributed by atoms with E-state index in [2.05, 4.69) is 15.2 Å². The van der Waals surface area contributed by atoms with Crippen molar-refractivity contribution in [1.29, 1.82) is 0 Å². The molecule has 1 aromatic heterocycles. The molecule has 3 fully saturated rings. The topological polar surface area (TPSA) is 220 Å². The van der Waals surface area contributed by atoms with Gasteiger partial charge in [-0.1, -0.05) is 39.0 Å². The van der Waals surface area contributed by atoms with Gasteiger partial charge < -0.3 is 68.5 Å². The molecule has 18 nitrogen and oxygen atoms in total. The van der Waals surface area contributed by atoms with E-state index < -0.39 is 102 Å². The van der Waals surface area contributed by atoms with Crippen LogP contribution in [0.15, 0.2) is 24.4 Å². The molecule has 0 amide bonds. The Morgan fingerprint density at radius 1 is 0.928 bits per heavy atom. The van der Waals surface area contributed by atoms with Crippen LogP contribution in [0.1, 0.15) is 106 Å². The van der Waals surface area contributed by atoms with Crippen LogP contribution in [-0.2, 0) is 47.9 Å². The Morgan fingerprint density at radius 3 is 2.25 bits per heavy atom. The van der Waals surface area contributed by atoms with E-state index in [1.165, 1.54) is 14.0 Å². The first-order valence-electron chi connectivity index (χ1n) is 25.0. The third-order valence-corrected chi connectivity index (χ3v) is 15.8. The van der Waals surface area contributed by atoms with Crippen molar-refractivity contribution in [2.45, 2.75) is 198 Å². The van der Waals surface area contributed by atoms with Crippen LogP contribution in [0.5, 0.6) is 11.5 Å². The number of esters is 1. The van der Waals surface area contributed by atoms with Crippen molar-refractivity contribution in [3.63, 3.8) is 0 Å². The molecular weight excluding hydrogens is 891 g/mol. The van der Waals surface area contributed by atoms with Crippen LogP contribution in [0, 0.1) is 23.7 Å². The molecule has 5 N–H and O–H groups in total. The minimum atomic E-state index is -1.81. The van der Waals surface area contributed by atoms with E-state index in [9.17, 15) is 30.3 Å². The summed E-state index contributed by atoms with van der Waals surface area (Å²) in [5.41, 5.74) is -2.55. The first-order chi connectivity index (χ1) is 32.3. The highest BCUT2D eigenvalue weighted by Crippen LogP contribution is 2.45. The van der Waals surface area contributed by atoms with E-state index in [4.69, 9.17) is 33.2 Å². The van der Waals surface area contributed by atoms with Gasteiger partial charge in [0.2, 0.25) is 0 Å². The van der Waals surface area contributed by atoms with E-state index in [1.807, 2.05) is 82.7 Å². The van der Waals surface area contributed by atoms with Crippen molar-refractivity contribution in [3.05, 3.63) is 35.7 Å². The SMILES string of the molecule is CC[C@H]1OC(=O)[C@H](C)[C@@H](C2C[C@@](C)(OC)[C@@H](O)[C@H](C)O2)[C@H](C)[C@@H](O[C@@H]2O[C@H](C)C[C@H](N(C)CCc3cn(CCc4ccc(OC)c(OC)c4)nn3)[C@H]2O)[C@](C)(O)C[C@@H](C)CN(C)[C@H](C)[C@@H](O)[C@]1(C)O. The maximum atomic E-state index is 14.6. The fraction of sp³-hybridized carbons (Fsp3) is 0.824. The quantitative estimate of drug-likeness (QED) is 0.171. The molecule has 394 valence electrons. The molecule has 69 heavy (non-hydrogen) atoms. The van der Waals surface area contributed by atoms with Crippen molar-refractivity contribution in [1.82, 2.24) is 24.8 Å². The van der Waals surface area contributed by atoms with Crippen molar-refractivity contribution >= 4 is 5.97 Å². The lowest BCUT2D eigenvalue weighted by Crippen LogP contribution is -2.62. The molecule has 0 bridgehead atoms. The first-order valence-corrected chi connectivity index (χ1v) is 25.0. The van der Waals surface area contributed by atoms with E-state index in [0.29, 0.717) is 44.0 Å². The fourth-order valence-electron chi connectivity index (χ4n) is 11.5. The maximum absolute atomic E-state index is 14.6. The smallest absolute Gasteiger partial charge is 0.309 e. The number of methoxy groups -OCH3 is 3. The molecule has 1 unspecified atom stereocenters. The molecule has 2 aromatic rings. The lowest BCUT2D eigenvalue weighted by molar-refractivity contribution is -0.302. The number of hydrogen-bond acceptors (Lipinski definition) is 17. The molecule has 18 atom stereocenters. The number of carbonyl (C=O) groups is 1. The second-order valence-electron chi connectivity index (χ2n) is 21.4. The molecule has 4 heterocycles. The van der Waals surface area contributed by atoms with Gasteiger partial charge in [0, 0.05) is 63.8 Å². The maximum Gasteiger partial charge on any atom is 0.309 e. The predicted molar refractivity (Wildman–Crippen MR) is 259 cm³/mol. The lowest BCUT2D eigenvalue weighted by Gasteiger charge is -2.51. The van der Waals surface area contributed by atoms with Crippen molar-refractivity contribution < 1.29 is 63.5 Å². The van der Waals surface area contributed by atoms with Crippen LogP contribution >= 0.6 is 0 Å². The molecular formula is C51H87N5O13. The van der Waals surface area contributed by atoms with E-state index >= 15 is 0 Å². The van der Waals surface area contributed by atoms with Gasteiger partial charge in [-0.05, 0) is 111 Å². The fourth-order valence-corrected chi connectivity index (χ4v) is 11.5. The van der Waals surface area contributed by atoms with E-state index in [-0.39, 0.29) is 31.3 Å². The van der Waals surface area contributed by atoms with Crippen LogP contribution < -0.4 is 9.47 Å². The third kappa shape index (κ3) is 13.2. The molecule has 3 saturated heterocycles. The number of hydrogen-bond donors (Lipinski definition) is 5. The summed E-state index contributed by atoms with van der Waals surface area (Å²) in [5, 5.41) is 68.9. The number of aliphatic hydroxyl groups is 5. The summed E-state index contributed by atoms with van der Waals surface area (Å²) in [4.78, 5) is 18.6. The van der Waals surface area contributed by atoms with Gasteiger partial charge in [0.15, 0.2) is 17.8 Å². The van der Waals surface area contributed by atoms with Gasteiger partial charge in [-0.3, -0.25) is 9.48 Å². The number of aromatic nitrogens is 3. The molecule has 5 rings (SSSR count). The standard InChI is InChI=1S/C51H87N5O13/c1-16-41-51(10,62)44(58)33(6)55(12)27-29(2)25-49(8,61)46(31(4)42(32(5)47(60)68-41)40-26-50(9,65-15)45(59)34(7)67-40)69-48-43(57)37(23-30(3)66-48)54(11)21-20-36-28-56(53-52-36)22-19-35-17-18-38(63-13)39(24-35)64-14/h17-18,24,28-34,37,40-46,48,57-59,61-62H,16,19-23,25-27H2,1-15H3/t29-,30-,31+,32-,33-,34+,37+,40?,41-,42+,43-,44-,45+,46-,48+,49-,50-,51-/m1/s1. The second kappa shape index (κ2) is 23.7. The summed E-state index contributed by atoms with van der Waals surface area (Å²) in [7, 11) is 8.57. The molecule has 0 spiro atoms. The normalized spacial score (nSPS) is 40.2. The molecule has 1 aromatic carbocycles. The van der Waals surface area contributed by atoms with Gasteiger partial charge in [-0.15, -0.1) is 5.10 Å². The molecule has 0 radical (unpaired) electrons. The monoisotopic (exact) mass is 978 g/mol. The van der Waals surface area contributed by atoms with Crippen LogP contribution in [0.25, 0.3) is 0 Å². The zero-order chi connectivity index (χ0) is 51.3. The molecule has 3 aliphatic rings. The highest BCUT2D eigenvalue weighted by Gasteiger charge is 2.55. The number of likely N-dealkylation sites (N-methyl/N-ethyl adjacent to an activating group) is 2. The summed E-state index contributed by atoms with van der Waals surface area (Å²) in [6.07, 6.45) is -4.03. The molecule has 0 saturated carbocycles. The number of nitrogens with zero attached hydrogens (tertiary/aromatic N) is 5. The highest BCUT2D eigenvalue weighted by molar-refractivity contribution is 5.73. The van der Waals surface area contributed by atoms with Crippen LogP contribution in [0.4, 0.5) is 0 Å². The van der Waals surface area contributed by atoms with Gasteiger partial charge in [-0.25, -0.2) is 0 Å². The van der Waals surface area contributed by atoms with Crippen molar-refractivity contribution in [2.75, 3.05) is 48.5 Å². The number of benzene rings is 1. The number of carbonyl (C=O) groups excluding carboxylic acids is 1. The van der Waals surface area contributed by atoms with Gasteiger partial charge in [-0.2, -0.15) is 0 Å². The minimum absolute atomic E-state index is 0.166. The Balaban J connectivity index is 1.43. The zero-order valence-electron chi connectivity index (χ0n) is 44.1. The molecule has 18 heteroatoms. The van der Waals surface area contributed by atoms with Gasteiger partial charge in [0.1, 0.15) is 30.0 Å². The average molecular weight is 978 g/mol. The van der Waals surface area contributed by atoms with Gasteiger partial charge >= 0.3 is 5.97 Å². The Hall–Kier alpha value is -3.01. The summed E-state index contributed by atoms with van der Waals surface area (Å²) in [6, 6.07) is 4.90. The summed E-state index contributed by atoms with van der Waals surface area (Å²) in [5.74, 6) is -1.77. The zero-order valence-corrected chi connectivity index (χ0v) is 44.1. The Morgan fingerprint density at radius 2 is 1.61 bits per heavy atom. The number of rotatable bonds is 14. The molecule has 0 aliphatic carbocycles. The number of ether oxygens (including phenoxy) is 7. The minimum Gasteiger partial charge on any atom is -0.493 e. The lowest BCUT2D eigenvalue weighted by atomic mass is 9.68. The van der Waals surface area contributed by atoms with Crippen molar-refractivity contribution in [3.8, 4) is 11.5 Å². The Labute approximate surface area is 410 Å². The van der Waals surface area contributed by atoms with Crippen LogP contribution in [0.3, 0.4) is 0 Å². The van der Waals surface area contributed by atoms with Crippen LogP contribution in [-0.4, -0.2) is 189 Å². The largest absolute Gasteiger partial charge is 0.493 e. The van der Waals surface area contributed by atoms with E-state index in [0.717, 1.165) is 17.7 Å². The average Bonchev–Trinajstić information content (AvgIpc) is 3.77. The summed E-state index contributed by atoms with van der Waals surface area (Å²) in [6.45, 7) is 19.6. The second-order valence-corrected chi connectivity index (χ2v) is 21.4. The Bertz CT molecular complexity index is 1940. The molecule has 3 aliphatic heterocycles. The van der Waals surface area contributed by atoms with E-state index in [1.54, 1.807) is 41.9 Å². The van der Waals surface area contributed by atoms with Gasteiger partial charge in [0.25, 0.3) is 0 Å². The predicted octanol–water partition coefficient (Wildman–Crippen LogP) is 3.64. The third-order valence-electron chi connectivity index (χ3n) is 15.8. The Kier molecular flexibility index (Phi) is 19.5. The highest BCUT2D eigenvalue weighted by atomic mass is 16.7. The van der Waals surface area contributed by atoms with Crippen LogP contribution in [0.2, 0.25) is 0 Å².